The molecule has 1 aromatic carbocycles. The molecule has 0 aliphatic rings. The van der Waals surface area contributed by atoms with Crippen LogP contribution in [0.15, 0.2) is 23.2 Å². The van der Waals surface area contributed by atoms with Crippen molar-refractivity contribution in [2.24, 2.45) is 4.99 Å². The quantitative estimate of drug-likeness (QED) is 0.335. The molecule has 0 spiro atoms. The van der Waals surface area contributed by atoms with Crippen molar-refractivity contribution >= 4 is 24.2 Å². The third-order valence-corrected chi connectivity index (χ3v) is 4.23. The van der Waals surface area contributed by atoms with E-state index in [2.05, 4.69) is 23.1 Å². The lowest BCUT2D eigenvalue weighted by Crippen LogP contribution is -2.24. The van der Waals surface area contributed by atoms with E-state index in [-0.39, 0.29) is 5.82 Å². The van der Waals surface area contributed by atoms with Gasteiger partial charge in [-0.1, -0.05) is 26.7 Å². The molecule has 5 heteroatoms. The average Bonchev–Trinajstić information content (AvgIpc) is 2.49. The molecule has 0 heterocycles. The van der Waals surface area contributed by atoms with Gasteiger partial charge >= 0.3 is 0 Å². The Hall–Kier alpha value is -1.07. The molecule has 3 nitrogen and oxygen atoms in total. The van der Waals surface area contributed by atoms with E-state index >= 15 is 0 Å². The standard InChI is InChI=1S/C17H28FN3S/c1-5-7-11-21(12-8-6-2)22-20(4)14-19-17-10-9-16(18)13-15(17)3/h9-10,13-14H,5-8,11-12H2,1-4H3. The average molecular weight is 325 g/mol. The van der Waals surface area contributed by atoms with E-state index < -0.39 is 0 Å². The van der Waals surface area contributed by atoms with Crippen molar-refractivity contribution in [2.45, 2.75) is 46.5 Å². The van der Waals surface area contributed by atoms with Gasteiger partial charge in [-0.2, -0.15) is 0 Å². The Morgan fingerprint density at radius 2 is 1.82 bits per heavy atom. The zero-order chi connectivity index (χ0) is 16.4. The summed E-state index contributed by atoms with van der Waals surface area (Å²) in [7, 11) is 2.00. The molecule has 0 N–H and O–H groups in total. The summed E-state index contributed by atoms with van der Waals surface area (Å²) in [6.07, 6.45) is 6.62. The fourth-order valence-electron chi connectivity index (χ4n) is 1.97. The number of unbranched alkanes of at least 4 members (excludes halogenated alkanes) is 2. The van der Waals surface area contributed by atoms with Gasteiger partial charge in [0.1, 0.15) is 12.2 Å². The van der Waals surface area contributed by atoms with Crippen molar-refractivity contribution in [1.82, 2.24) is 8.61 Å². The number of aliphatic imine (C=N–C) groups is 1. The van der Waals surface area contributed by atoms with Gasteiger partial charge in [-0.3, -0.25) is 4.31 Å². The summed E-state index contributed by atoms with van der Waals surface area (Å²) in [6, 6.07) is 4.67. The van der Waals surface area contributed by atoms with Gasteiger partial charge in [0.25, 0.3) is 0 Å². The molecule has 0 aliphatic carbocycles. The number of hydrogen-bond donors (Lipinski definition) is 0. The van der Waals surface area contributed by atoms with E-state index in [1.54, 1.807) is 24.5 Å². The number of halogens is 1. The van der Waals surface area contributed by atoms with Crippen molar-refractivity contribution in [1.29, 1.82) is 0 Å². The predicted molar refractivity (Wildman–Crippen MR) is 96.0 cm³/mol. The molecular weight excluding hydrogens is 297 g/mol. The maximum absolute atomic E-state index is 13.1. The lowest BCUT2D eigenvalue weighted by molar-refractivity contribution is 0.435. The Morgan fingerprint density at radius 1 is 1.18 bits per heavy atom. The van der Waals surface area contributed by atoms with Gasteiger partial charge in [-0.05, 0) is 43.5 Å². The molecule has 0 bridgehead atoms. The third kappa shape index (κ3) is 7.27. The summed E-state index contributed by atoms with van der Waals surface area (Å²) >= 11 is 1.70. The molecule has 0 aromatic heterocycles. The molecule has 0 atom stereocenters. The van der Waals surface area contributed by atoms with Gasteiger partial charge in [-0.25, -0.2) is 13.7 Å². The number of benzene rings is 1. The molecule has 1 rings (SSSR count). The van der Waals surface area contributed by atoms with Crippen molar-refractivity contribution in [3.05, 3.63) is 29.6 Å². The normalized spacial score (nSPS) is 11.5. The lowest BCUT2D eigenvalue weighted by Gasteiger charge is -2.24. The van der Waals surface area contributed by atoms with E-state index in [0.717, 1.165) is 24.3 Å². The van der Waals surface area contributed by atoms with Gasteiger partial charge in [-0.15, -0.1) is 0 Å². The maximum Gasteiger partial charge on any atom is 0.123 e. The van der Waals surface area contributed by atoms with E-state index in [1.807, 2.05) is 18.3 Å². The molecule has 1 aromatic rings. The van der Waals surface area contributed by atoms with Crippen LogP contribution in [0.2, 0.25) is 0 Å². The smallest absolute Gasteiger partial charge is 0.123 e. The van der Waals surface area contributed by atoms with Gasteiger partial charge in [0.15, 0.2) is 0 Å². The SMILES string of the molecule is CCCCN(CCCC)SN(C)C=Nc1ccc(F)cc1C. The van der Waals surface area contributed by atoms with E-state index in [1.165, 1.54) is 37.8 Å². The number of hydrogen-bond acceptors (Lipinski definition) is 3. The van der Waals surface area contributed by atoms with Crippen LogP contribution in [0.3, 0.4) is 0 Å². The summed E-state index contributed by atoms with van der Waals surface area (Å²) < 4.78 is 17.5. The van der Waals surface area contributed by atoms with E-state index in [0.29, 0.717) is 0 Å². The molecule has 0 aliphatic heterocycles. The van der Waals surface area contributed by atoms with Crippen LogP contribution in [0.1, 0.15) is 45.1 Å². The van der Waals surface area contributed by atoms with Crippen LogP contribution >= 0.6 is 12.1 Å². The van der Waals surface area contributed by atoms with Crippen LogP contribution in [-0.2, 0) is 0 Å². The first kappa shape index (κ1) is 19.0. The Morgan fingerprint density at radius 3 is 2.36 bits per heavy atom. The summed E-state index contributed by atoms with van der Waals surface area (Å²) in [4.78, 5) is 4.45. The zero-order valence-electron chi connectivity index (χ0n) is 14.2. The van der Waals surface area contributed by atoms with Crippen molar-refractivity contribution < 1.29 is 4.39 Å². The fraction of sp³-hybridized carbons (Fsp3) is 0.588. The zero-order valence-corrected chi connectivity index (χ0v) is 15.0. The van der Waals surface area contributed by atoms with Gasteiger partial charge in [0.2, 0.25) is 0 Å². The minimum absolute atomic E-state index is 0.218. The molecule has 22 heavy (non-hydrogen) atoms. The topological polar surface area (TPSA) is 18.8 Å². The minimum atomic E-state index is -0.218. The van der Waals surface area contributed by atoms with Crippen LogP contribution in [0.5, 0.6) is 0 Å². The molecule has 0 amide bonds. The largest absolute Gasteiger partial charge is 0.297 e. The van der Waals surface area contributed by atoms with Crippen LogP contribution in [0, 0.1) is 12.7 Å². The van der Waals surface area contributed by atoms with Crippen LogP contribution in [0.4, 0.5) is 10.1 Å². The summed E-state index contributed by atoms with van der Waals surface area (Å²) in [5, 5.41) is 0. The van der Waals surface area contributed by atoms with Crippen LogP contribution < -0.4 is 0 Å². The second-order valence-electron chi connectivity index (χ2n) is 5.44. The number of nitrogens with zero attached hydrogens (tertiary/aromatic N) is 3. The molecule has 0 saturated heterocycles. The molecule has 124 valence electrons. The Labute approximate surface area is 138 Å². The van der Waals surface area contributed by atoms with Crippen LogP contribution in [-0.4, -0.2) is 35.1 Å². The van der Waals surface area contributed by atoms with E-state index in [4.69, 9.17) is 0 Å². The van der Waals surface area contributed by atoms with Gasteiger partial charge in [0, 0.05) is 32.3 Å². The van der Waals surface area contributed by atoms with E-state index in [9.17, 15) is 4.39 Å². The maximum atomic E-state index is 13.1. The molecule has 0 radical (unpaired) electrons. The van der Waals surface area contributed by atoms with Crippen molar-refractivity contribution in [3.63, 3.8) is 0 Å². The highest BCUT2D eigenvalue weighted by molar-refractivity contribution is 7.95. The predicted octanol–water partition coefficient (Wildman–Crippen LogP) is 5.19. The third-order valence-electron chi connectivity index (χ3n) is 3.28. The molecule has 0 fully saturated rings. The number of aryl methyl sites for hydroxylation is 1. The molecular formula is C17H28FN3S. The highest BCUT2D eigenvalue weighted by Gasteiger charge is 2.07. The number of rotatable bonds is 10. The van der Waals surface area contributed by atoms with Crippen molar-refractivity contribution in [2.75, 3.05) is 20.1 Å². The molecule has 0 unspecified atom stereocenters. The summed E-state index contributed by atoms with van der Waals surface area (Å²) in [5.41, 5.74) is 1.66. The first-order valence-corrected chi connectivity index (χ1v) is 8.76. The lowest BCUT2D eigenvalue weighted by atomic mass is 10.2. The first-order chi connectivity index (χ1) is 10.6. The second kappa shape index (κ2) is 10.6. The Balaban J connectivity index is 2.57. The fourth-order valence-corrected chi connectivity index (χ4v) is 2.85. The van der Waals surface area contributed by atoms with Gasteiger partial charge < -0.3 is 0 Å². The summed E-state index contributed by atoms with van der Waals surface area (Å²) in [5.74, 6) is -0.218. The Kier molecular flexibility index (Phi) is 9.16. The van der Waals surface area contributed by atoms with Crippen molar-refractivity contribution in [3.8, 4) is 0 Å². The van der Waals surface area contributed by atoms with Crippen LogP contribution in [0.25, 0.3) is 0 Å². The summed E-state index contributed by atoms with van der Waals surface area (Å²) in [6.45, 7) is 8.48. The first-order valence-electron chi connectivity index (χ1n) is 8.03. The van der Waals surface area contributed by atoms with Gasteiger partial charge in [0.05, 0.1) is 5.69 Å². The second-order valence-corrected chi connectivity index (χ2v) is 6.70. The monoisotopic (exact) mass is 325 g/mol. The molecule has 0 saturated carbocycles. The highest BCUT2D eigenvalue weighted by Crippen LogP contribution is 2.20. The Bertz CT molecular complexity index is 457. The highest BCUT2D eigenvalue weighted by atomic mass is 32.2. The minimum Gasteiger partial charge on any atom is -0.297 e.